The molecule has 0 atom stereocenters. The fourth-order valence-electron chi connectivity index (χ4n) is 1.77. The number of benzene rings is 1. The van der Waals surface area contributed by atoms with E-state index in [1.165, 1.54) is 6.26 Å². The number of hydrogen-bond donors (Lipinski definition) is 1. The van der Waals surface area contributed by atoms with Crippen LogP contribution in [0.3, 0.4) is 0 Å². The molecule has 1 aromatic heterocycles. The maximum absolute atomic E-state index is 11.4. The summed E-state index contributed by atoms with van der Waals surface area (Å²) in [5.41, 5.74) is 2.21. The molecule has 0 fully saturated rings. The second-order valence-electron chi connectivity index (χ2n) is 4.12. The van der Waals surface area contributed by atoms with Gasteiger partial charge >= 0.3 is 0 Å². The average Bonchev–Trinajstić information content (AvgIpc) is 2.69. The van der Waals surface area contributed by atoms with E-state index in [-0.39, 0.29) is 11.5 Å². The largest absolute Gasteiger partial charge is 0.390 e. The second-order valence-corrected chi connectivity index (χ2v) is 6.13. The number of hydrogen-bond acceptors (Lipinski definition) is 4. The zero-order valence-electron chi connectivity index (χ0n) is 10.2. The summed E-state index contributed by atoms with van der Waals surface area (Å²) in [6, 6.07) is 6.54. The summed E-state index contributed by atoms with van der Waals surface area (Å²) in [4.78, 5) is 0.278. The van der Waals surface area contributed by atoms with Crippen molar-refractivity contribution in [3.05, 3.63) is 36.2 Å². The molecular formula is C12H14N2O3S. The number of rotatable bonds is 3. The van der Waals surface area contributed by atoms with Crippen LogP contribution in [0.2, 0.25) is 0 Å². The number of aromatic nitrogens is 2. The number of aryl methyl sites for hydroxylation is 1. The van der Waals surface area contributed by atoms with Gasteiger partial charge in [-0.3, -0.25) is 4.68 Å². The summed E-state index contributed by atoms with van der Waals surface area (Å²) in [7, 11) is -1.41. The fraction of sp³-hybridized carbons (Fsp3) is 0.250. The third-order valence-electron chi connectivity index (χ3n) is 2.65. The molecule has 0 amide bonds. The molecule has 0 aliphatic carbocycles. The predicted molar refractivity (Wildman–Crippen MR) is 67.7 cm³/mol. The normalized spacial score (nSPS) is 11.7. The van der Waals surface area contributed by atoms with Crippen molar-refractivity contribution in [3.63, 3.8) is 0 Å². The molecule has 0 aliphatic heterocycles. The first-order valence-corrected chi connectivity index (χ1v) is 7.25. The molecular weight excluding hydrogens is 252 g/mol. The molecule has 0 spiro atoms. The van der Waals surface area contributed by atoms with Crippen LogP contribution in [0.4, 0.5) is 0 Å². The molecule has 0 radical (unpaired) electrons. The number of nitrogens with zero attached hydrogens (tertiary/aromatic N) is 2. The number of aliphatic hydroxyl groups excluding tert-OH is 1. The molecule has 0 aliphatic rings. The van der Waals surface area contributed by atoms with Crippen LogP contribution in [0.5, 0.6) is 0 Å². The first-order chi connectivity index (χ1) is 8.41. The standard InChI is InChI=1S/C12H14N2O3S/c1-14-7-11(12(8-15)13-14)9-3-5-10(6-4-9)18(2,16)17/h3-7,15H,8H2,1-2H3. The molecule has 2 aromatic rings. The number of aliphatic hydroxyl groups is 1. The number of sulfone groups is 1. The summed E-state index contributed by atoms with van der Waals surface area (Å²) in [5, 5.41) is 13.3. The molecule has 0 unspecified atom stereocenters. The summed E-state index contributed by atoms with van der Waals surface area (Å²) in [5.74, 6) is 0. The van der Waals surface area contributed by atoms with E-state index in [4.69, 9.17) is 0 Å². The first-order valence-electron chi connectivity index (χ1n) is 5.35. The van der Waals surface area contributed by atoms with Crippen LogP contribution in [0, 0.1) is 0 Å². The Balaban J connectivity index is 2.46. The van der Waals surface area contributed by atoms with Gasteiger partial charge in [-0.05, 0) is 17.7 Å². The summed E-state index contributed by atoms with van der Waals surface area (Å²) < 4.78 is 24.3. The maximum atomic E-state index is 11.4. The van der Waals surface area contributed by atoms with E-state index in [9.17, 15) is 13.5 Å². The molecule has 18 heavy (non-hydrogen) atoms. The lowest BCUT2D eigenvalue weighted by molar-refractivity contribution is 0.276. The topological polar surface area (TPSA) is 72.2 Å². The van der Waals surface area contributed by atoms with Gasteiger partial charge in [0.05, 0.1) is 17.2 Å². The van der Waals surface area contributed by atoms with Gasteiger partial charge in [0.2, 0.25) is 0 Å². The third-order valence-corrected chi connectivity index (χ3v) is 3.78. The van der Waals surface area contributed by atoms with Crippen molar-refractivity contribution in [3.8, 4) is 11.1 Å². The minimum Gasteiger partial charge on any atom is -0.390 e. The molecule has 6 heteroatoms. The lowest BCUT2D eigenvalue weighted by Gasteiger charge is -2.02. The summed E-state index contributed by atoms with van der Waals surface area (Å²) in [6.07, 6.45) is 2.96. The highest BCUT2D eigenvalue weighted by Gasteiger charge is 2.11. The van der Waals surface area contributed by atoms with E-state index in [1.54, 1.807) is 42.2 Å². The van der Waals surface area contributed by atoms with Crippen LogP contribution < -0.4 is 0 Å². The van der Waals surface area contributed by atoms with Crippen molar-refractivity contribution in [1.29, 1.82) is 0 Å². The second kappa shape index (κ2) is 4.55. The van der Waals surface area contributed by atoms with Gasteiger partial charge in [-0.25, -0.2) is 8.42 Å². The Labute approximate surface area is 106 Å². The van der Waals surface area contributed by atoms with Crippen molar-refractivity contribution in [1.82, 2.24) is 9.78 Å². The Morgan fingerprint density at radius 3 is 2.39 bits per heavy atom. The quantitative estimate of drug-likeness (QED) is 0.899. The molecule has 2 rings (SSSR count). The van der Waals surface area contributed by atoms with E-state index in [0.29, 0.717) is 5.69 Å². The van der Waals surface area contributed by atoms with E-state index < -0.39 is 9.84 Å². The Morgan fingerprint density at radius 2 is 1.89 bits per heavy atom. The summed E-state index contributed by atoms with van der Waals surface area (Å²) >= 11 is 0. The van der Waals surface area contributed by atoms with Gasteiger partial charge in [0, 0.05) is 25.1 Å². The molecule has 1 aromatic carbocycles. The van der Waals surface area contributed by atoms with E-state index in [1.807, 2.05) is 0 Å². The van der Waals surface area contributed by atoms with Crippen molar-refractivity contribution in [2.45, 2.75) is 11.5 Å². The monoisotopic (exact) mass is 266 g/mol. The van der Waals surface area contributed by atoms with Crippen molar-refractivity contribution in [2.24, 2.45) is 7.05 Å². The first kappa shape index (κ1) is 12.8. The maximum Gasteiger partial charge on any atom is 0.175 e. The lowest BCUT2D eigenvalue weighted by Crippen LogP contribution is -1.96. The average molecular weight is 266 g/mol. The van der Waals surface area contributed by atoms with Crippen molar-refractivity contribution >= 4 is 9.84 Å². The third kappa shape index (κ3) is 2.44. The zero-order chi connectivity index (χ0) is 13.3. The van der Waals surface area contributed by atoms with Crippen LogP contribution in [0.15, 0.2) is 35.4 Å². The molecule has 0 saturated carbocycles. The van der Waals surface area contributed by atoms with Crippen molar-refractivity contribution < 1.29 is 13.5 Å². The van der Waals surface area contributed by atoms with E-state index >= 15 is 0 Å². The predicted octanol–water partition coefficient (Wildman–Crippen LogP) is 0.983. The highest BCUT2D eigenvalue weighted by Crippen LogP contribution is 2.24. The smallest absolute Gasteiger partial charge is 0.175 e. The molecule has 0 saturated heterocycles. The minimum absolute atomic E-state index is 0.149. The Hall–Kier alpha value is -1.66. The fourth-order valence-corrected chi connectivity index (χ4v) is 2.40. The van der Waals surface area contributed by atoms with Gasteiger partial charge in [-0.1, -0.05) is 12.1 Å². The van der Waals surface area contributed by atoms with Gasteiger partial charge in [0.15, 0.2) is 9.84 Å². The zero-order valence-corrected chi connectivity index (χ0v) is 11.0. The van der Waals surface area contributed by atoms with Crippen LogP contribution >= 0.6 is 0 Å². The van der Waals surface area contributed by atoms with Crippen LogP contribution in [-0.2, 0) is 23.5 Å². The van der Waals surface area contributed by atoms with Gasteiger partial charge in [0.25, 0.3) is 0 Å². The highest BCUT2D eigenvalue weighted by molar-refractivity contribution is 7.90. The molecule has 96 valence electrons. The molecule has 1 heterocycles. The van der Waals surface area contributed by atoms with Crippen LogP contribution in [0.25, 0.3) is 11.1 Å². The Morgan fingerprint density at radius 1 is 1.28 bits per heavy atom. The lowest BCUT2D eigenvalue weighted by atomic mass is 10.1. The van der Waals surface area contributed by atoms with E-state index in [2.05, 4.69) is 5.10 Å². The van der Waals surface area contributed by atoms with Crippen molar-refractivity contribution in [2.75, 3.05) is 6.26 Å². The van der Waals surface area contributed by atoms with Gasteiger partial charge in [-0.15, -0.1) is 0 Å². The summed E-state index contributed by atoms with van der Waals surface area (Å²) in [6.45, 7) is -0.149. The highest BCUT2D eigenvalue weighted by atomic mass is 32.2. The van der Waals surface area contributed by atoms with Gasteiger partial charge in [0.1, 0.15) is 0 Å². The van der Waals surface area contributed by atoms with Gasteiger partial charge < -0.3 is 5.11 Å². The SMILES string of the molecule is Cn1cc(-c2ccc(S(C)(=O)=O)cc2)c(CO)n1. The van der Waals surface area contributed by atoms with E-state index in [0.717, 1.165) is 11.1 Å². The van der Waals surface area contributed by atoms with Gasteiger partial charge in [-0.2, -0.15) is 5.10 Å². The minimum atomic E-state index is -3.18. The van der Waals surface area contributed by atoms with Crippen LogP contribution in [-0.4, -0.2) is 29.6 Å². The Bertz CT molecular complexity index is 657. The molecule has 0 bridgehead atoms. The molecule has 1 N–H and O–H groups in total. The van der Waals surface area contributed by atoms with Crippen LogP contribution in [0.1, 0.15) is 5.69 Å². The Kier molecular flexibility index (Phi) is 3.23. The molecule has 5 nitrogen and oxygen atoms in total.